The van der Waals surface area contributed by atoms with Crippen molar-refractivity contribution in [2.75, 3.05) is 0 Å². The molecule has 0 saturated heterocycles. The minimum atomic E-state index is -1.42. The van der Waals surface area contributed by atoms with Crippen molar-refractivity contribution in [3.63, 3.8) is 0 Å². The molecule has 0 saturated carbocycles. The van der Waals surface area contributed by atoms with E-state index < -0.39 is 5.72 Å². The zero-order chi connectivity index (χ0) is 17.7. The first kappa shape index (κ1) is 15.0. The first-order chi connectivity index (χ1) is 12.7. The van der Waals surface area contributed by atoms with Crippen molar-refractivity contribution < 1.29 is 9.90 Å². The van der Waals surface area contributed by atoms with Crippen LogP contribution in [0.4, 0.5) is 0 Å². The molecule has 0 fully saturated rings. The molecular formula is C22H16N2O2. The number of ketones is 1. The highest BCUT2D eigenvalue weighted by Gasteiger charge is 2.44. The van der Waals surface area contributed by atoms with Crippen molar-refractivity contribution in [3.8, 4) is 0 Å². The van der Waals surface area contributed by atoms with Crippen LogP contribution in [0.15, 0.2) is 78.9 Å². The largest absolute Gasteiger partial charge is 0.365 e. The second-order valence-electron chi connectivity index (χ2n) is 6.63. The molecule has 0 spiro atoms. The molecule has 0 unspecified atom stereocenters. The molecule has 4 nitrogen and oxygen atoms in total. The van der Waals surface area contributed by atoms with Gasteiger partial charge in [0.1, 0.15) is 5.69 Å². The van der Waals surface area contributed by atoms with Crippen molar-refractivity contribution in [1.82, 2.24) is 9.78 Å². The molecule has 2 heterocycles. The Bertz CT molecular complexity index is 1150. The summed E-state index contributed by atoms with van der Waals surface area (Å²) < 4.78 is 1.51. The standard InChI is InChI=1S/C22H16N2O2/c25-21-16-10-4-6-12-18(16)22(26,14-15-8-2-1-3-9-15)24-20(21)17-11-5-7-13-19(17)23-24/h1-13,26H,14H2/t22-/m1/s1. The highest BCUT2D eigenvalue weighted by molar-refractivity contribution is 6.16. The van der Waals surface area contributed by atoms with Crippen LogP contribution in [0.5, 0.6) is 0 Å². The van der Waals surface area contributed by atoms with Gasteiger partial charge in [0.25, 0.3) is 0 Å². The van der Waals surface area contributed by atoms with Crippen molar-refractivity contribution in [1.29, 1.82) is 0 Å². The second-order valence-corrected chi connectivity index (χ2v) is 6.63. The minimum absolute atomic E-state index is 0.105. The molecule has 4 heteroatoms. The monoisotopic (exact) mass is 340 g/mol. The van der Waals surface area contributed by atoms with Gasteiger partial charge in [-0.25, -0.2) is 4.68 Å². The molecule has 0 aliphatic carbocycles. The smallest absolute Gasteiger partial charge is 0.212 e. The molecule has 26 heavy (non-hydrogen) atoms. The van der Waals surface area contributed by atoms with E-state index in [1.807, 2.05) is 72.8 Å². The third-order valence-electron chi connectivity index (χ3n) is 5.04. The summed E-state index contributed by atoms with van der Waals surface area (Å²) >= 11 is 0. The van der Waals surface area contributed by atoms with E-state index in [0.29, 0.717) is 28.8 Å². The first-order valence-electron chi connectivity index (χ1n) is 8.57. The van der Waals surface area contributed by atoms with E-state index in [2.05, 4.69) is 5.10 Å². The number of benzene rings is 3. The number of aromatic nitrogens is 2. The van der Waals surface area contributed by atoms with Gasteiger partial charge in [-0.2, -0.15) is 5.10 Å². The third kappa shape index (κ3) is 1.99. The van der Waals surface area contributed by atoms with Crippen molar-refractivity contribution >= 4 is 16.7 Å². The van der Waals surface area contributed by atoms with Crippen LogP contribution in [0, 0.1) is 0 Å². The Morgan fingerprint density at radius 2 is 1.58 bits per heavy atom. The van der Waals surface area contributed by atoms with Crippen LogP contribution < -0.4 is 0 Å². The summed E-state index contributed by atoms with van der Waals surface area (Å²) in [6, 6.07) is 24.5. The summed E-state index contributed by atoms with van der Waals surface area (Å²) in [5.74, 6) is -0.105. The Morgan fingerprint density at radius 3 is 2.42 bits per heavy atom. The SMILES string of the molecule is O=C1c2ccccc2[C@](O)(Cc2ccccc2)n2nc3ccccc3c21. The van der Waals surface area contributed by atoms with Gasteiger partial charge >= 0.3 is 0 Å². The third-order valence-corrected chi connectivity index (χ3v) is 5.04. The molecule has 5 rings (SSSR count). The minimum Gasteiger partial charge on any atom is -0.365 e. The number of fused-ring (bicyclic) bond motifs is 4. The Kier molecular flexibility index (Phi) is 3.11. The van der Waals surface area contributed by atoms with Crippen molar-refractivity contribution in [3.05, 3.63) is 101 Å². The van der Waals surface area contributed by atoms with Crippen LogP contribution in [0.3, 0.4) is 0 Å². The maximum Gasteiger partial charge on any atom is 0.212 e. The molecule has 1 atom stereocenters. The van der Waals surface area contributed by atoms with E-state index in [0.717, 1.165) is 10.9 Å². The number of aliphatic hydroxyl groups is 1. The first-order valence-corrected chi connectivity index (χ1v) is 8.57. The van der Waals surface area contributed by atoms with Gasteiger partial charge in [-0.15, -0.1) is 0 Å². The fourth-order valence-corrected chi connectivity index (χ4v) is 3.84. The summed E-state index contributed by atoms with van der Waals surface area (Å²) in [5.41, 5.74) is 1.83. The van der Waals surface area contributed by atoms with Crippen LogP contribution in [-0.2, 0) is 12.1 Å². The zero-order valence-electron chi connectivity index (χ0n) is 14.0. The van der Waals surface area contributed by atoms with E-state index in [-0.39, 0.29) is 5.78 Å². The average Bonchev–Trinajstić information content (AvgIpc) is 3.08. The molecule has 3 aromatic carbocycles. The second kappa shape index (κ2) is 5.38. The zero-order valence-corrected chi connectivity index (χ0v) is 14.0. The van der Waals surface area contributed by atoms with Gasteiger partial charge in [0.2, 0.25) is 5.78 Å². The number of carbonyl (C=O) groups excluding carboxylic acids is 1. The number of nitrogens with zero attached hydrogens (tertiary/aromatic N) is 2. The van der Waals surface area contributed by atoms with E-state index in [1.54, 1.807) is 6.07 Å². The van der Waals surface area contributed by atoms with E-state index in [1.165, 1.54) is 4.68 Å². The van der Waals surface area contributed by atoms with Crippen molar-refractivity contribution in [2.24, 2.45) is 0 Å². The Morgan fingerprint density at radius 1 is 0.885 bits per heavy atom. The molecule has 1 aliphatic rings. The van der Waals surface area contributed by atoms with Crippen LogP contribution in [-0.4, -0.2) is 20.7 Å². The molecule has 1 aliphatic heterocycles. The molecule has 0 radical (unpaired) electrons. The topological polar surface area (TPSA) is 55.1 Å². The number of carbonyl (C=O) groups is 1. The molecule has 0 amide bonds. The lowest BCUT2D eigenvalue weighted by Gasteiger charge is -2.35. The highest BCUT2D eigenvalue weighted by Crippen LogP contribution is 2.39. The van der Waals surface area contributed by atoms with Crippen LogP contribution >= 0.6 is 0 Å². The average molecular weight is 340 g/mol. The van der Waals surface area contributed by atoms with Crippen LogP contribution in [0.2, 0.25) is 0 Å². The molecular weight excluding hydrogens is 324 g/mol. The van der Waals surface area contributed by atoms with E-state index >= 15 is 0 Å². The highest BCUT2D eigenvalue weighted by atomic mass is 16.3. The number of hydrogen-bond donors (Lipinski definition) is 1. The Hall–Kier alpha value is -3.24. The summed E-state index contributed by atoms with van der Waals surface area (Å²) in [6.07, 6.45) is 0.332. The maximum absolute atomic E-state index is 13.2. The molecule has 1 aromatic heterocycles. The van der Waals surface area contributed by atoms with Gasteiger partial charge in [0.05, 0.1) is 5.52 Å². The van der Waals surface area contributed by atoms with E-state index in [9.17, 15) is 9.90 Å². The lowest BCUT2D eigenvalue weighted by atomic mass is 9.85. The fourth-order valence-electron chi connectivity index (χ4n) is 3.84. The Labute approximate surface area is 150 Å². The van der Waals surface area contributed by atoms with Gasteiger partial charge in [0, 0.05) is 22.9 Å². The Balaban J connectivity index is 1.82. The lowest BCUT2D eigenvalue weighted by molar-refractivity contribution is -0.0114. The summed E-state index contributed by atoms with van der Waals surface area (Å²) in [6.45, 7) is 0. The molecule has 126 valence electrons. The predicted molar refractivity (Wildman–Crippen MR) is 99.0 cm³/mol. The predicted octanol–water partition coefficient (Wildman–Crippen LogP) is 3.52. The van der Waals surface area contributed by atoms with Gasteiger partial charge < -0.3 is 5.11 Å². The molecule has 0 bridgehead atoms. The molecule has 4 aromatic rings. The summed E-state index contributed by atoms with van der Waals surface area (Å²) in [5, 5.41) is 17.2. The van der Waals surface area contributed by atoms with Gasteiger partial charge in [-0.05, 0) is 11.6 Å². The van der Waals surface area contributed by atoms with Gasteiger partial charge in [-0.1, -0.05) is 72.8 Å². The summed E-state index contributed by atoms with van der Waals surface area (Å²) in [4.78, 5) is 13.2. The normalized spacial score (nSPS) is 18.6. The van der Waals surface area contributed by atoms with E-state index in [4.69, 9.17) is 0 Å². The number of hydrogen-bond acceptors (Lipinski definition) is 3. The van der Waals surface area contributed by atoms with Gasteiger partial charge in [-0.3, -0.25) is 4.79 Å². The van der Waals surface area contributed by atoms with Gasteiger partial charge in [0.15, 0.2) is 5.72 Å². The fraction of sp³-hybridized carbons (Fsp3) is 0.0909. The van der Waals surface area contributed by atoms with Crippen LogP contribution in [0.25, 0.3) is 10.9 Å². The van der Waals surface area contributed by atoms with Crippen molar-refractivity contribution in [2.45, 2.75) is 12.1 Å². The van der Waals surface area contributed by atoms with Crippen LogP contribution in [0.1, 0.15) is 27.2 Å². The maximum atomic E-state index is 13.2. The lowest BCUT2D eigenvalue weighted by Crippen LogP contribution is -2.44. The molecule has 1 N–H and O–H groups in total. The summed E-state index contributed by atoms with van der Waals surface area (Å²) in [7, 11) is 0. The quantitative estimate of drug-likeness (QED) is 0.607. The number of rotatable bonds is 2.